The Kier molecular flexibility index (Phi) is 5.64. The second-order valence-electron chi connectivity index (χ2n) is 7.57. The Morgan fingerprint density at radius 2 is 1.92 bits per heavy atom. The van der Waals surface area contributed by atoms with Gasteiger partial charge in [-0.05, 0) is 39.3 Å². The average molecular weight is 395 g/mol. The molecule has 2 aromatic heterocycles. The molecule has 1 aliphatic rings. The molecular weight excluding hydrogens is 368 g/mol. The first-order chi connectivity index (χ1) is 12.3. The molecule has 0 saturated carbocycles. The molecule has 1 aliphatic heterocycles. The zero-order valence-corrected chi connectivity index (χ0v) is 17.2. The summed E-state index contributed by atoms with van der Waals surface area (Å²) in [6, 6.07) is 3.51. The van der Waals surface area contributed by atoms with Gasteiger partial charge < -0.3 is 4.90 Å². The van der Waals surface area contributed by atoms with E-state index in [0.717, 1.165) is 50.5 Å². The Hall–Kier alpha value is -1.51. The van der Waals surface area contributed by atoms with E-state index in [2.05, 4.69) is 25.1 Å². The normalized spacial score (nSPS) is 17.3. The van der Waals surface area contributed by atoms with Gasteiger partial charge in [-0.2, -0.15) is 0 Å². The fourth-order valence-electron chi connectivity index (χ4n) is 2.96. The summed E-state index contributed by atoms with van der Waals surface area (Å²) in [5.74, 6) is 0. The predicted octanol–water partition coefficient (Wildman–Crippen LogP) is 2.82. The van der Waals surface area contributed by atoms with E-state index >= 15 is 0 Å². The Morgan fingerprint density at radius 3 is 2.54 bits per heavy atom. The summed E-state index contributed by atoms with van der Waals surface area (Å²) in [6.07, 6.45) is 2.75. The molecule has 0 bridgehead atoms. The van der Waals surface area contributed by atoms with Crippen molar-refractivity contribution in [3.8, 4) is 0 Å². The van der Waals surface area contributed by atoms with Crippen LogP contribution in [0.3, 0.4) is 0 Å². The van der Waals surface area contributed by atoms with Crippen LogP contribution < -0.4 is 4.90 Å². The molecule has 6 nitrogen and oxygen atoms in total. The summed E-state index contributed by atoms with van der Waals surface area (Å²) in [4.78, 5) is 13.3. The highest BCUT2D eigenvalue weighted by molar-refractivity contribution is 7.92. The fraction of sp³-hybridized carbons (Fsp3) is 0.556. The van der Waals surface area contributed by atoms with Crippen molar-refractivity contribution in [2.24, 2.45) is 0 Å². The molecule has 0 radical (unpaired) electrons. The molecule has 0 amide bonds. The fourth-order valence-corrected chi connectivity index (χ4v) is 4.58. The Labute approximate surface area is 159 Å². The van der Waals surface area contributed by atoms with Crippen molar-refractivity contribution >= 4 is 26.9 Å². The first-order valence-electron chi connectivity index (χ1n) is 8.82. The lowest BCUT2D eigenvalue weighted by Gasteiger charge is -2.24. The van der Waals surface area contributed by atoms with Crippen molar-refractivity contribution in [2.75, 3.05) is 31.1 Å². The maximum Gasteiger partial charge on any atom is 0.200 e. The molecule has 3 heterocycles. The largest absolute Gasteiger partial charge is 0.369 e. The lowest BCUT2D eigenvalue weighted by Crippen LogP contribution is -2.31. The van der Waals surface area contributed by atoms with Crippen molar-refractivity contribution in [1.82, 2.24) is 14.9 Å². The summed E-state index contributed by atoms with van der Waals surface area (Å²) in [5.41, 5.74) is 3.98. The monoisotopic (exact) mass is 394 g/mol. The number of aromatic nitrogens is 2. The van der Waals surface area contributed by atoms with Crippen LogP contribution in [0.1, 0.15) is 32.9 Å². The zero-order valence-electron chi connectivity index (χ0n) is 15.6. The number of sulfone groups is 1. The van der Waals surface area contributed by atoms with Crippen LogP contribution in [0.4, 0.5) is 5.69 Å². The first kappa shape index (κ1) is 19.3. The van der Waals surface area contributed by atoms with E-state index < -0.39 is 14.6 Å². The van der Waals surface area contributed by atoms with Crippen molar-refractivity contribution in [3.05, 3.63) is 34.9 Å². The van der Waals surface area contributed by atoms with Crippen molar-refractivity contribution in [3.63, 3.8) is 0 Å². The Morgan fingerprint density at radius 1 is 1.12 bits per heavy atom. The molecular formula is C18H26N4O2S2. The van der Waals surface area contributed by atoms with E-state index in [-0.39, 0.29) is 5.03 Å². The van der Waals surface area contributed by atoms with Gasteiger partial charge in [-0.15, -0.1) is 11.3 Å². The minimum Gasteiger partial charge on any atom is -0.369 e. The number of anilines is 1. The maximum absolute atomic E-state index is 12.5. The predicted molar refractivity (Wildman–Crippen MR) is 105 cm³/mol. The highest BCUT2D eigenvalue weighted by atomic mass is 32.2. The Balaban J connectivity index is 1.66. The Bertz CT molecular complexity index is 812. The molecule has 26 heavy (non-hydrogen) atoms. The van der Waals surface area contributed by atoms with E-state index in [1.54, 1.807) is 44.4 Å². The van der Waals surface area contributed by atoms with E-state index in [9.17, 15) is 8.42 Å². The molecule has 142 valence electrons. The van der Waals surface area contributed by atoms with Crippen molar-refractivity contribution < 1.29 is 8.42 Å². The minimum absolute atomic E-state index is 0.147. The number of rotatable bonds is 4. The summed E-state index contributed by atoms with van der Waals surface area (Å²) in [7, 11) is -3.41. The van der Waals surface area contributed by atoms with Gasteiger partial charge in [0.2, 0.25) is 0 Å². The van der Waals surface area contributed by atoms with Gasteiger partial charge in [0, 0.05) is 38.1 Å². The molecule has 0 aliphatic carbocycles. The quantitative estimate of drug-likeness (QED) is 0.794. The van der Waals surface area contributed by atoms with E-state index in [4.69, 9.17) is 0 Å². The molecule has 3 rings (SSSR count). The van der Waals surface area contributed by atoms with E-state index in [1.165, 1.54) is 0 Å². The van der Waals surface area contributed by atoms with Gasteiger partial charge in [-0.25, -0.2) is 18.4 Å². The lowest BCUT2D eigenvalue weighted by atomic mass is 10.3. The van der Waals surface area contributed by atoms with Crippen LogP contribution in [0, 0.1) is 0 Å². The van der Waals surface area contributed by atoms with Gasteiger partial charge in [-0.1, -0.05) is 0 Å². The molecule has 1 saturated heterocycles. The van der Waals surface area contributed by atoms with Crippen LogP contribution in [0.25, 0.3) is 0 Å². The van der Waals surface area contributed by atoms with Gasteiger partial charge >= 0.3 is 0 Å². The topological polar surface area (TPSA) is 66.4 Å². The van der Waals surface area contributed by atoms with Crippen LogP contribution in [-0.2, 0) is 16.4 Å². The molecule has 1 fully saturated rings. The third kappa shape index (κ3) is 4.24. The SMILES string of the molecule is CC(C)(C)S(=O)(=O)c1ccc(N2CCCN(Cc3cscn3)CC2)cn1. The lowest BCUT2D eigenvalue weighted by molar-refractivity contribution is 0.282. The van der Waals surface area contributed by atoms with Crippen LogP contribution in [0.15, 0.2) is 34.2 Å². The van der Waals surface area contributed by atoms with Gasteiger partial charge in [-0.3, -0.25) is 4.90 Å². The standard InChI is InChI=1S/C18H26N4O2S2/c1-18(2,3)26(23,24)17-6-5-16(11-19-17)22-8-4-7-21(9-10-22)12-15-13-25-14-20-15/h5-6,11,13-14H,4,7-10,12H2,1-3H3. The molecule has 8 heteroatoms. The summed E-state index contributed by atoms with van der Waals surface area (Å²) in [5, 5.41) is 2.25. The van der Waals surface area contributed by atoms with Crippen molar-refractivity contribution in [2.45, 2.75) is 43.5 Å². The van der Waals surface area contributed by atoms with Gasteiger partial charge in [0.05, 0.1) is 27.8 Å². The number of hydrogen-bond donors (Lipinski definition) is 0. The van der Waals surface area contributed by atoms with Crippen LogP contribution >= 0.6 is 11.3 Å². The summed E-state index contributed by atoms with van der Waals surface area (Å²) >= 11 is 1.63. The average Bonchev–Trinajstić information content (AvgIpc) is 2.98. The molecule has 0 unspecified atom stereocenters. The van der Waals surface area contributed by atoms with Crippen LogP contribution in [0.2, 0.25) is 0 Å². The third-order valence-electron chi connectivity index (χ3n) is 4.62. The zero-order chi connectivity index (χ0) is 18.8. The van der Waals surface area contributed by atoms with Crippen molar-refractivity contribution in [1.29, 1.82) is 0 Å². The molecule has 0 aromatic carbocycles. The van der Waals surface area contributed by atoms with Gasteiger partial charge in [0.1, 0.15) is 0 Å². The summed E-state index contributed by atoms with van der Waals surface area (Å²) in [6.45, 7) is 9.82. The van der Waals surface area contributed by atoms with Crippen LogP contribution in [0.5, 0.6) is 0 Å². The summed E-state index contributed by atoms with van der Waals surface area (Å²) < 4.78 is 24.2. The number of nitrogens with zero attached hydrogens (tertiary/aromatic N) is 4. The smallest absolute Gasteiger partial charge is 0.200 e. The van der Waals surface area contributed by atoms with Gasteiger partial charge in [0.15, 0.2) is 14.9 Å². The molecule has 2 aromatic rings. The molecule has 0 spiro atoms. The second kappa shape index (κ2) is 7.62. The van der Waals surface area contributed by atoms with E-state index in [1.807, 2.05) is 11.6 Å². The highest BCUT2D eigenvalue weighted by Crippen LogP contribution is 2.25. The maximum atomic E-state index is 12.5. The number of pyridine rings is 1. The number of hydrogen-bond acceptors (Lipinski definition) is 7. The second-order valence-corrected chi connectivity index (χ2v) is 10.9. The minimum atomic E-state index is -3.41. The third-order valence-corrected chi connectivity index (χ3v) is 7.66. The highest BCUT2D eigenvalue weighted by Gasteiger charge is 2.32. The first-order valence-corrected chi connectivity index (χ1v) is 11.2. The van der Waals surface area contributed by atoms with Gasteiger partial charge in [0.25, 0.3) is 0 Å². The van der Waals surface area contributed by atoms with E-state index in [0.29, 0.717) is 0 Å². The molecule has 0 atom stereocenters. The van der Waals surface area contributed by atoms with Crippen LogP contribution in [-0.4, -0.2) is 54.2 Å². The number of thiazole rings is 1. The molecule has 0 N–H and O–H groups in total.